The zero-order chi connectivity index (χ0) is 28.1. The fourth-order valence-corrected chi connectivity index (χ4v) is 4.60. The SMILES string of the molecule is CCOc1cc(/C=C2\C(=O)NC(=O)N(c3ccc(Br)cc3)C2=O)cc(Br)c1OCC(=O)Nc1ccccc1C. The molecule has 0 aliphatic carbocycles. The van der Waals surface area contributed by atoms with Crippen LogP contribution in [0.3, 0.4) is 0 Å². The number of halogens is 2. The predicted octanol–water partition coefficient (Wildman–Crippen LogP) is 5.60. The molecule has 0 spiro atoms. The fourth-order valence-electron chi connectivity index (χ4n) is 3.76. The van der Waals surface area contributed by atoms with Crippen molar-refractivity contribution >= 4 is 73.1 Å². The van der Waals surface area contributed by atoms with Crippen LogP contribution in [0.25, 0.3) is 6.08 Å². The first-order chi connectivity index (χ1) is 18.7. The maximum absolute atomic E-state index is 13.2. The van der Waals surface area contributed by atoms with Crippen LogP contribution < -0.4 is 25.0 Å². The number of aryl methyl sites for hydroxylation is 1. The Kier molecular flexibility index (Phi) is 8.82. The molecule has 11 heteroatoms. The number of imide groups is 2. The summed E-state index contributed by atoms with van der Waals surface area (Å²) in [5.74, 6) is -1.36. The van der Waals surface area contributed by atoms with Gasteiger partial charge in [0.2, 0.25) is 0 Å². The number of hydrogen-bond acceptors (Lipinski definition) is 6. The Labute approximate surface area is 241 Å². The number of rotatable bonds is 8. The third-order valence-corrected chi connectivity index (χ3v) is 6.71. The molecule has 3 aromatic carbocycles. The summed E-state index contributed by atoms with van der Waals surface area (Å²) in [6, 6.07) is 16.3. The molecule has 200 valence electrons. The predicted molar refractivity (Wildman–Crippen MR) is 154 cm³/mol. The van der Waals surface area contributed by atoms with E-state index in [1.807, 2.05) is 25.1 Å². The monoisotopic (exact) mass is 655 g/mol. The van der Waals surface area contributed by atoms with Crippen molar-refractivity contribution < 1.29 is 28.7 Å². The Morgan fingerprint density at radius 1 is 1.03 bits per heavy atom. The molecule has 1 heterocycles. The van der Waals surface area contributed by atoms with Crippen molar-refractivity contribution in [3.8, 4) is 11.5 Å². The number of carbonyl (C=O) groups is 4. The zero-order valence-electron chi connectivity index (χ0n) is 20.9. The molecule has 5 amide bonds. The molecule has 4 rings (SSSR count). The molecule has 0 radical (unpaired) electrons. The Balaban J connectivity index is 1.58. The Bertz CT molecular complexity index is 1490. The van der Waals surface area contributed by atoms with Crippen molar-refractivity contribution in [2.24, 2.45) is 0 Å². The fraction of sp³-hybridized carbons (Fsp3) is 0.143. The summed E-state index contributed by atoms with van der Waals surface area (Å²) in [7, 11) is 0. The molecule has 0 aromatic heterocycles. The van der Waals surface area contributed by atoms with Gasteiger partial charge < -0.3 is 14.8 Å². The van der Waals surface area contributed by atoms with Crippen LogP contribution in [-0.4, -0.2) is 37.0 Å². The number of anilines is 2. The lowest BCUT2D eigenvalue weighted by molar-refractivity contribution is -0.122. The van der Waals surface area contributed by atoms with E-state index in [9.17, 15) is 19.2 Å². The third-order valence-electron chi connectivity index (χ3n) is 5.60. The number of nitrogens with zero attached hydrogens (tertiary/aromatic N) is 1. The normalized spacial score (nSPS) is 14.3. The van der Waals surface area contributed by atoms with Crippen molar-refractivity contribution in [2.45, 2.75) is 13.8 Å². The van der Waals surface area contributed by atoms with E-state index in [0.29, 0.717) is 33.8 Å². The molecule has 2 N–H and O–H groups in total. The second-order valence-electron chi connectivity index (χ2n) is 8.35. The van der Waals surface area contributed by atoms with Gasteiger partial charge in [0.15, 0.2) is 18.1 Å². The van der Waals surface area contributed by atoms with Crippen LogP contribution in [0.4, 0.5) is 16.2 Å². The minimum atomic E-state index is -0.839. The molecule has 1 aliphatic heterocycles. The van der Waals surface area contributed by atoms with Crippen molar-refractivity contribution in [3.05, 3.63) is 86.3 Å². The lowest BCUT2D eigenvalue weighted by atomic mass is 10.1. The lowest BCUT2D eigenvalue weighted by Gasteiger charge is -2.26. The van der Waals surface area contributed by atoms with Gasteiger partial charge in [-0.2, -0.15) is 0 Å². The highest BCUT2D eigenvalue weighted by Crippen LogP contribution is 2.38. The molecule has 0 saturated carbocycles. The third kappa shape index (κ3) is 6.55. The van der Waals surface area contributed by atoms with Gasteiger partial charge in [0.1, 0.15) is 5.57 Å². The molecule has 9 nitrogen and oxygen atoms in total. The molecule has 1 fully saturated rings. The molecule has 3 aromatic rings. The zero-order valence-corrected chi connectivity index (χ0v) is 24.1. The van der Waals surface area contributed by atoms with Crippen molar-refractivity contribution in [3.63, 3.8) is 0 Å². The van der Waals surface area contributed by atoms with Gasteiger partial charge in [-0.15, -0.1) is 0 Å². The highest BCUT2D eigenvalue weighted by molar-refractivity contribution is 9.10. The van der Waals surface area contributed by atoms with E-state index in [2.05, 4.69) is 42.5 Å². The van der Waals surface area contributed by atoms with Crippen LogP contribution >= 0.6 is 31.9 Å². The first-order valence-electron chi connectivity index (χ1n) is 11.8. The summed E-state index contributed by atoms with van der Waals surface area (Å²) >= 11 is 6.75. The molecule has 39 heavy (non-hydrogen) atoms. The van der Waals surface area contributed by atoms with Crippen LogP contribution in [0.15, 0.2) is 75.2 Å². The topological polar surface area (TPSA) is 114 Å². The molecule has 0 bridgehead atoms. The Hall–Kier alpha value is -3.96. The van der Waals surface area contributed by atoms with Crippen LogP contribution in [0, 0.1) is 6.92 Å². The second-order valence-corrected chi connectivity index (χ2v) is 10.1. The van der Waals surface area contributed by atoms with Crippen LogP contribution in [0.1, 0.15) is 18.1 Å². The average Bonchev–Trinajstić information content (AvgIpc) is 2.88. The number of nitrogens with one attached hydrogen (secondary N) is 2. The summed E-state index contributed by atoms with van der Waals surface area (Å²) in [4.78, 5) is 51.6. The number of carbonyl (C=O) groups excluding carboxylic acids is 4. The largest absolute Gasteiger partial charge is 0.490 e. The molecular formula is C28H23Br2N3O6. The van der Waals surface area contributed by atoms with Gasteiger partial charge in [0.25, 0.3) is 17.7 Å². The number of barbiturate groups is 1. The highest BCUT2D eigenvalue weighted by atomic mass is 79.9. The molecule has 0 atom stereocenters. The maximum atomic E-state index is 13.2. The lowest BCUT2D eigenvalue weighted by Crippen LogP contribution is -2.54. The van der Waals surface area contributed by atoms with Gasteiger partial charge in [-0.1, -0.05) is 34.1 Å². The van der Waals surface area contributed by atoms with Gasteiger partial charge in [-0.05, 0) is 89.4 Å². The molecule has 1 saturated heterocycles. The van der Waals surface area contributed by atoms with E-state index in [4.69, 9.17) is 9.47 Å². The summed E-state index contributed by atoms with van der Waals surface area (Å²) in [6.45, 7) is 3.69. The van der Waals surface area contributed by atoms with Crippen LogP contribution in [0.5, 0.6) is 11.5 Å². The van der Waals surface area contributed by atoms with Gasteiger partial charge >= 0.3 is 6.03 Å². The number of urea groups is 1. The highest BCUT2D eigenvalue weighted by Gasteiger charge is 2.36. The van der Waals surface area contributed by atoms with E-state index in [0.717, 1.165) is 14.9 Å². The van der Waals surface area contributed by atoms with E-state index in [-0.39, 0.29) is 23.8 Å². The number of ether oxygens (including phenoxy) is 2. The first kappa shape index (κ1) is 28.1. The first-order valence-corrected chi connectivity index (χ1v) is 13.4. The number of para-hydroxylation sites is 1. The minimum Gasteiger partial charge on any atom is -0.490 e. The van der Waals surface area contributed by atoms with E-state index in [1.54, 1.807) is 49.4 Å². The smallest absolute Gasteiger partial charge is 0.335 e. The number of amides is 5. The summed E-state index contributed by atoms with van der Waals surface area (Å²) in [5, 5.41) is 5.01. The Morgan fingerprint density at radius 2 is 1.74 bits per heavy atom. The molecular weight excluding hydrogens is 634 g/mol. The van der Waals surface area contributed by atoms with E-state index >= 15 is 0 Å². The maximum Gasteiger partial charge on any atom is 0.335 e. The summed E-state index contributed by atoms with van der Waals surface area (Å²) in [6.07, 6.45) is 1.36. The van der Waals surface area contributed by atoms with E-state index < -0.39 is 17.8 Å². The molecule has 0 unspecified atom stereocenters. The summed E-state index contributed by atoms with van der Waals surface area (Å²) < 4.78 is 12.7. The van der Waals surface area contributed by atoms with Gasteiger partial charge in [-0.3, -0.25) is 19.7 Å². The second kappa shape index (κ2) is 12.3. The Morgan fingerprint density at radius 3 is 2.44 bits per heavy atom. The van der Waals surface area contributed by atoms with Gasteiger partial charge in [-0.25, -0.2) is 9.69 Å². The number of benzene rings is 3. The van der Waals surface area contributed by atoms with Crippen LogP contribution in [-0.2, 0) is 14.4 Å². The standard InChI is InChI=1S/C28H23Br2N3O6/c1-3-38-23-14-17(13-21(30)25(23)39-15-24(34)31-22-7-5-4-6-16(22)2)12-20-26(35)32-28(37)33(27(20)36)19-10-8-18(29)9-11-19/h4-14H,3,15H2,1-2H3,(H,31,34)(H,32,35,37)/b20-12+. The number of hydrogen-bond donors (Lipinski definition) is 2. The minimum absolute atomic E-state index is 0.238. The van der Waals surface area contributed by atoms with Crippen molar-refractivity contribution in [1.29, 1.82) is 0 Å². The van der Waals surface area contributed by atoms with E-state index in [1.165, 1.54) is 6.08 Å². The quantitative estimate of drug-likeness (QED) is 0.241. The van der Waals surface area contributed by atoms with Crippen molar-refractivity contribution in [2.75, 3.05) is 23.4 Å². The van der Waals surface area contributed by atoms with Gasteiger partial charge in [0, 0.05) is 10.2 Å². The summed E-state index contributed by atoms with van der Waals surface area (Å²) in [5.41, 5.74) is 2.11. The molecule has 1 aliphatic rings. The van der Waals surface area contributed by atoms with Crippen molar-refractivity contribution in [1.82, 2.24) is 5.32 Å². The average molecular weight is 657 g/mol. The van der Waals surface area contributed by atoms with Gasteiger partial charge in [0.05, 0.1) is 16.8 Å². The van der Waals surface area contributed by atoms with Crippen LogP contribution in [0.2, 0.25) is 0 Å².